The molecule has 78 valence electrons. The number of aromatic nitrogens is 2. The van der Waals surface area contributed by atoms with Crippen molar-refractivity contribution in [1.29, 1.82) is 0 Å². The molecule has 0 saturated carbocycles. The summed E-state index contributed by atoms with van der Waals surface area (Å²) in [7, 11) is 0. The minimum atomic E-state index is -0.431. The quantitative estimate of drug-likeness (QED) is 0.723. The van der Waals surface area contributed by atoms with Crippen LogP contribution in [0.25, 0.3) is 0 Å². The van der Waals surface area contributed by atoms with E-state index in [9.17, 15) is 0 Å². The third-order valence-corrected chi connectivity index (χ3v) is 2.44. The van der Waals surface area contributed by atoms with E-state index in [2.05, 4.69) is 9.97 Å². The summed E-state index contributed by atoms with van der Waals surface area (Å²) in [5.74, 6) is 0.648. The van der Waals surface area contributed by atoms with Crippen molar-refractivity contribution < 1.29 is 4.74 Å². The van der Waals surface area contributed by atoms with Crippen molar-refractivity contribution in [1.82, 2.24) is 9.97 Å². The normalized spacial score (nSPS) is 15.1. The highest BCUT2D eigenvalue weighted by atomic mass is 35.5. The van der Waals surface area contributed by atoms with Crippen LogP contribution in [-0.4, -0.2) is 16.6 Å². The highest BCUT2D eigenvalue weighted by molar-refractivity contribution is 6.29. The lowest BCUT2D eigenvalue weighted by Gasteiger charge is -2.26. The Balaban J connectivity index is 2.99. The molecule has 4 heteroatoms. The second kappa shape index (κ2) is 4.71. The van der Waals surface area contributed by atoms with Crippen LogP contribution in [0.4, 0.5) is 0 Å². The van der Waals surface area contributed by atoms with Gasteiger partial charge in [-0.05, 0) is 26.3 Å². The van der Waals surface area contributed by atoms with Crippen molar-refractivity contribution in [3.63, 3.8) is 0 Å². The molecule has 0 aliphatic carbocycles. The molecule has 0 saturated heterocycles. The Labute approximate surface area is 89.5 Å². The van der Waals surface area contributed by atoms with Gasteiger partial charge in [-0.2, -0.15) is 0 Å². The molecule has 0 aromatic carbocycles. The van der Waals surface area contributed by atoms with Crippen molar-refractivity contribution in [3.05, 3.63) is 23.2 Å². The first-order valence-corrected chi connectivity index (χ1v) is 5.13. The van der Waals surface area contributed by atoms with Gasteiger partial charge in [-0.15, -0.1) is 0 Å². The molecule has 0 spiro atoms. The van der Waals surface area contributed by atoms with E-state index in [1.165, 1.54) is 0 Å². The Kier molecular flexibility index (Phi) is 3.84. The van der Waals surface area contributed by atoms with Crippen LogP contribution < -0.4 is 0 Å². The molecular weight excluding hydrogens is 200 g/mol. The molecule has 0 aliphatic heterocycles. The summed E-state index contributed by atoms with van der Waals surface area (Å²) in [6.45, 7) is 6.61. The largest absolute Gasteiger partial charge is 0.368 e. The van der Waals surface area contributed by atoms with Gasteiger partial charge in [0.1, 0.15) is 10.8 Å². The summed E-state index contributed by atoms with van der Waals surface area (Å²) in [5.41, 5.74) is -0.431. The molecular formula is C10H15ClN2O. The predicted molar refractivity (Wildman–Crippen MR) is 56.3 cm³/mol. The van der Waals surface area contributed by atoms with Gasteiger partial charge in [0.2, 0.25) is 0 Å². The second-order valence-corrected chi connectivity index (χ2v) is 3.61. The van der Waals surface area contributed by atoms with Gasteiger partial charge in [-0.1, -0.05) is 18.5 Å². The third kappa shape index (κ3) is 2.42. The average Bonchev–Trinajstić information content (AvgIpc) is 2.18. The van der Waals surface area contributed by atoms with E-state index < -0.39 is 5.60 Å². The number of nitrogens with zero attached hydrogens (tertiary/aromatic N) is 2. The van der Waals surface area contributed by atoms with Crippen LogP contribution in [-0.2, 0) is 10.3 Å². The van der Waals surface area contributed by atoms with Crippen LogP contribution in [0.3, 0.4) is 0 Å². The zero-order valence-electron chi connectivity index (χ0n) is 8.75. The minimum Gasteiger partial charge on any atom is -0.368 e. The maximum Gasteiger partial charge on any atom is 0.161 e. The Hall–Kier alpha value is -0.670. The van der Waals surface area contributed by atoms with E-state index >= 15 is 0 Å². The lowest BCUT2D eigenvalue weighted by Crippen LogP contribution is -2.27. The lowest BCUT2D eigenvalue weighted by molar-refractivity contribution is -0.0390. The molecule has 1 aromatic rings. The Morgan fingerprint density at radius 2 is 2.21 bits per heavy atom. The van der Waals surface area contributed by atoms with Gasteiger partial charge in [0.25, 0.3) is 0 Å². The highest BCUT2D eigenvalue weighted by Gasteiger charge is 2.28. The van der Waals surface area contributed by atoms with E-state index in [-0.39, 0.29) is 0 Å². The minimum absolute atomic E-state index is 0.431. The summed E-state index contributed by atoms with van der Waals surface area (Å²) in [6.07, 6.45) is 2.47. The van der Waals surface area contributed by atoms with E-state index in [0.29, 0.717) is 17.6 Å². The van der Waals surface area contributed by atoms with Gasteiger partial charge >= 0.3 is 0 Å². The molecule has 14 heavy (non-hydrogen) atoms. The third-order valence-electron chi connectivity index (χ3n) is 2.23. The van der Waals surface area contributed by atoms with Crippen molar-refractivity contribution in [2.45, 2.75) is 32.8 Å². The zero-order chi connectivity index (χ0) is 10.6. The van der Waals surface area contributed by atoms with Crippen molar-refractivity contribution >= 4 is 11.6 Å². The predicted octanol–water partition coefficient (Wildman–Crippen LogP) is 2.79. The van der Waals surface area contributed by atoms with Crippen molar-refractivity contribution in [3.8, 4) is 0 Å². The Bertz CT molecular complexity index is 306. The molecule has 0 aliphatic rings. The molecule has 0 bridgehead atoms. The molecule has 1 heterocycles. The topological polar surface area (TPSA) is 35.0 Å². The molecule has 0 radical (unpaired) electrons. The smallest absolute Gasteiger partial charge is 0.161 e. The molecule has 0 fully saturated rings. The van der Waals surface area contributed by atoms with Crippen molar-refractivity contribution in [2.24, 2.45) is 0 Å². The van der Waals surface area contributed by atoms with Crippen LogP contribution in [0.2, 0.25) is 5.15 Å². The van der Waals surface area contributed by atoms with Crippen LogP contribution in [0.5, 0.6) is 0 Å². The van der Waals surface area contributed by atoms with Gasteiger partial charge in [0.15, 0.2) is 5.82 Å². The monoisotopic (exact) mass is 214 g/mol. The van der Waals surface area contributed by atoms with Crippen molar-refractivity contribution in [2.75, 3.05) is 6.61 Å². The summed E-state index contributed by atoms with van der Waals surface area (Å²) in [4.78, 5) is 8.34. The maximum absolute atomic E-state index is 5.80. The first-order valence-electron chi connectivity index (χ1n) is 4.75. The fraction of sp³-hybridized carbons (Fsp3) is 0.600. The zero-order valence-corrected chi connectivity index (χ0v) is 9.51. The summed E-state index contributed by atoms with van der Waals surface area (Å²) in [5, 5.41) is 0.453. The fourth-order valence-electron chi connectivity index (χ4n) is 1.23. The van der Waals surface area contributed by atoms with Crippen LogP contribution in [0.15, 0.2) is 12.3 Å². The molecule has 0 N–H and O–H groups in total. The Morgan fingerprint density at radius 3 is 2.71 bits per heavy atom. The highest BCUT2D eigenvalue weighted by Crippen LogP contribution is 2.26. The van der Waals surface area contributed by atoms with Gasteiger partial charge in [-0.3, -0.25) is 0 Å². The molecule has 1 atom stereocenters. The van der Waals surface area contributed by atoms with E-state index in [1.807, 2.05) is 20.8 Å². The van der Waals surface area contributed by atoms with Crippen LogP contribution >= 0.6 is 11.6 Å². The standard InChI is InChI=1S/C10H15ClN2O/c1-4-10(3,14-5-2)9-12-7-6-8(11)13-9/h6-7H,4-5H2,1-3H3. The maximum atomic E-state index is 5.80. The first kappa shape index (κ1) is 11.4. The summed E-state index contributed by atoms with van der Waals surface area (Å²) >= 11 is 5.80. The SMILES string of the molecule is CCOC(C)(CC)c1nccc(Cl)n1. The number of halogens is 1. The van der Waals surface area contributed by atoms with Gasteiger partial charge in [0.05, 0.1) is 0 Å². The van der Waals surface area contributed by atoms with Crippen LogP contribution in [0, 0.1) is 0 Å². The summed E-state index contributed by atoms with van der Waals surface area (Å²) in [6, 6.07) is 1.66. The molecule has 1 rings (SSSR count). The van der Waals surface area contributed by atoms with Gasteiger partial charge in [-0.25, -0.2) is 9.97 Å². The molecule has 0 amide bonds. The molecule has 1 unspecified atom stereocenters. The van der Waals surface area contributed by atoms with Crippen LogP contribution in [0.1, 0.15) is 33.0 Å². The molecule has 1 aromatic heterocycles. The number of hydrogen-bond acceptors (Lipinski definition) is 3. The van der Waals surface area contributed by atoms with E-state index in [4.69, 9.17) is 16.3 Å². The molecule has 3 nitrogen and oxygen atoms in total. The number of rotatable bonds is 4. The van der Waals surface area contributed by atoms with E-state index in [0.717, 1.165) is 6.42 Å². The average molecular weight is 215 g/mol. The first-order chi connectivity index (χ1) is 6.62. The number of ether oxygens (including phenoxy) is 1. The second-order valence-electron chi connectivity index (χ2n) is 3.22. The number of hydrogen-bond donors (Lipinski definition) is 0. The Morgan fingerprint density at radius 1 is 1.50 bits per heavy atom. The van der Waals surface area contributed by atoms with E-state index in [1.54, 1.807) is 12.3 Å². The van der Waals surface area contributed by atoms with Gasteiger partial charge < -0.3 is 4.74 Å². The lowest BCUT2D eigenvalue weighted by atomic mass is 10.0. The fourth-order valence-corrected chi connectivity index (χ4v) is 1.37. The summed E-state index contributed by atoms with van der Waals surface area (Å²) < 4.78 is 5.64. The van der Waals surface area contributed by atoms with Gasteiger partial charge in [0, 0.05) is 12.8 Å².